The number of benzene rings is 2. The van der Waals surface area contributed by atoms with Crippen molar-refractivity contribution in [2.75, 3.05) is 19.0 Å². The van der Waals surface area contributed by atoms with Gasteiger partial charge in [0.05, 0.1) is 13.7 Å². The lowest BCUT2D eigenvalue weighted by molar-refractivity contribution is -0.116. The van der Waals surface area contributed by atoms with E-state index in [1.165, 1.54) is 19.2 Å². The highest BCUT2D eigenvalue weighted by atomic mass is 16.5. The second-order valence-corrected chi connectivity index (χ2v) is 5.35. The van der Waals surface area contributed by atoms with Crippen molar-refractivity contribution in [3.05, 3.63) is 53.6 Å². The van der Waals surface area contributed by atoms with Crippen LogP contribution in [0.25, 0.3) is 0 Å². The van der Waals surface area contributed by atoms with Crippen LogP contribution in [0, 0.1) is 0 Å². The van der Waals surface area contributed by atoms with E-state index in [1.807, 2.05) is 31.2 Å². The third-order valence-corrected chi connectivity index (χ3v) is 3.59. The predicted octanol–water partition coefficient (Wildman–Crippen LogP) is 3.36. The summed E-state index contributed by atoms with van der Waals surface area (Å²) in [6, 6.07) is 12.1. The number of carboxylic acid groups (broad SMARTS) is 1. The minimum Gasteiger partial charge on any atom is -0.496 e. The van der Waals surface area contributed by atoms with E-state index in [0.29, 0.717) is 25.1 Å². The highest BCUT2D eigenvalue weighted by Gasteiger charge is 2.12. The number of hydrogen-bond donors (Lipinski definition) is 2. The predicted molar refractivity (Wildman–Crippen MR) is 94.5 cm³/mol. The molecule has 0 saturated heterocycles. The molecule has 2 N–H and O–H groups in total. The molecule has 2 aromatic rings. The van der Waals surface area contributed by atoms with Gasteiger partial charge in [0, 0.05) is 18.2 Å². The standard InChI is InChI=1S/C19H21NO5/c1-3-25-15-8-4-13(5-9-15)6-11-18(21)20-14-7-10-16(19(22)23)17(12-14)24-2/h4-5,7-10,12H,3,6,11H2,1-2H3,(H,20,21)(H,22,23). The lowest BCUT2D eigenvalue weighted by Crippen LogP contribution is -2.13. The molecule has 0 aliphatic heterocycles. The molecular weight excluding hydrogens is 322 g/mol. The van der Waals surface area contributed by atoms with Crippen molar-refractivity contribution in [2.45, 2.75) is 19.8 Å². The van der Waals surface area contributed by atoms with E-state index < -0.39 is 5.97 Å². The minimum atomic E-state index is -1.08. The van der Waals surface area contributed by atoms with Crippen molar-refractivity contribution in [3.63, 3.8) is 0 Å². The first-order valence-corrected chi connectivity index (χ1v) is 7.96. The van der Waals surface area contributed by atoms with Crippen LogP contribution in [-0.4, -0.2) is 30.7 Å². The SMILES string of the molecule is CCOc1ccc(CCC(=O)Nc2ccc(C(=O)O)c(OC)c2)cc1. The number of carboxylic acids is 1. The van der Waals surface area contributed by atoms with Gasteiger partial charge >= 0.3 is 5.97 Å². The molecular formula is C19H21NO5. The Hall–Kier alpha value is -3.02. The van der Waals surface area contributed by atoms with Gasteiger partial charge in [-0.05, 0) is 43.2 Å². The van der Waals surface area contributed by atoms with Crippen molar-refractivity contribution >= 4 is 17.6 Å². The number of rotatable bonds is 8. The third-order valence-electron chi connectivity index (χ3n) is 3.59. The fourth-order valence-electron chi connectivity index (χ4n) is 2.35. The Bertz CT molecular complexity index is 740. The normalized spacial score (nSPS) is 10.2. The summed E-state index contributed by atoms with van der Waals surface area (Å²) in [6.45, 7) is 2.54. The number of carbonyl (C=O) groups excluding carboxylic acids is 1. The van der Waals surface area contributed by atoms with Crippen molar-refractivity contribution in [3.8, 4) is 11.5 Å². The smallest absolute Gasteiger partial charge is 0.339 e. The van der Waals surface area contributed by atoms with Crippen LogP contribution in [0.15, 0.2) is 42.5 Å². The van der Waals surface area contributed by atoms with Crippen LogP contribution < -0.4 is 14.8 Å². The molecule has 0 aromatic heterocycles. The number of amides is 1. The molecule has 0 unspecified atom stereocenters. The first-order valence-electron chi connectivity index (χ1n) is 7.96. The molecule has 25 heavy (non-hydrogen) atoms. The second kappa shape index (κ2) is 8.73. The fraction of sp³-hybridized carbons (Fsp3) is 0.263. The third kappa shape index (κ3) is 5.24. The van der Waals surface area contributed by atoms with E-state index in [9.17, 15) is 9.59 Å². The van der Waals surface area contributed by atoms with E-state index in [2.05, 4.69) is 5.32 Å². The van der Waals surface area contributed by atoms with Gasteiger partial charge in [-0.1, -0.05) is 12.1 Å². The summed E-state index contributed by atoms with van der Waals surface area (Å²) in [5, 5.41) is 11.8. The number of aryl methyl sites for hydroxylation is 1. The molecule has 0 spiro atoms. The van der Waals surface area contributed by atoms with Crippen LogP contribution in [0.4, 0.5) is 5.69 Å². The van der Waals surface area contributed by atoms with E-state index in [-0.39, 0.29) is 17.2 Å². The minimum absolute atomic E-state index is 0.0508. The number of anilines is 1. The highest BCUT2D eigenvalue weighted by Crippen LogP contribution is 2.23. The summed E-state index contributed by atoms with van der Waals surface area (Å²) in [6.07, 6.45) is 0.916. The molecule has 0 heterocycles. The maximum Gasteiger partial charge on any atom is 0.339 e. The molecule has 132 valence electrons. The Kier molecular flexibility index (Phi) is 6.39. The Balaban J connectivity index is 1.92. The quantitative estimate of drug-likeness (QED) is 0.768. The molecule has 0 fully saturated rings. The lowest BCUT2D eigenvalue weighted by Gasteiger charge is -2.09. The molecule has 0 bridgehead atoms. The van der Waals surface area contributed by atoms with Gasteiger partial charge in [0.2, 0.25) is 5.91 Å². The molecule has 0 atom stereocenters. The largest absolute Gasteiger partial charge is 0.496 e. The average molecular weight is 343 g/mol. The zero-order valence-electron chi connectivity index (χ0n) is 14.2. The maximum atomic E-state index is 12.1. The lowest BCUT2D eigenvalue weighted by atomic mass is 10.1. The molecule has 1 amide bonds. The summed E-state index contributed by atoms with van der Waals surface area (Å²) in [5.41, 5.74) is 1.59. The van der Waals surface area contributed by atoms with Gasteiger partial charge in [-0.3, -0.25) is 4.79 Å². The summed E-state index contributed by atoms with van der Waals surface area (Å²) in [5.74, 6) is -0.220. The van der Waals surface area contributed by atoms with Crippen LogP contribution in [0.1, 0.15) is 29.3 Å². The van der Waals surface area contributed by atoms with Crippen LogP contribution in [0.3, 0.4) is 0 Å². The molecule has 0 radical (unpaired) electrons. The van der Waals surface area contributed by atoms with Crippen molar-refractivity contribution in [1.29, 1.82) is 0 Å². The van der Waals surface area contributed by atoms with E-state index in [4.69, 9.17) is 14.6 Å². The summed E-state index contributed by atoms with van der Waals surface area (Å²) in [4.78, 5) is 23.1. The Labute approximate surface area is 146 Å². The summed E-state index contributed by atoms with van der Waals surface area (Å²) < 4.78 is 10.4. The van der Waals surface area contributed by atoms with Gasteiger partial charge in [-0.2, -0.15) is 0 Å². The number of methoxy groups -OCH3 is 1. The molecule has 2 aromatic carbocycles. The van der Waals surface area contributed by atoms with Crippen LogP contribution in [0.2, 0.25) is 0 Å². The zero-order valence-corrected chi connectivity index (χ0v) is 14.2. The molecule has 0 aliphatic carbocycles. The topological polar surface area (TPSA) is 84.9 Å². The molecule has 6 nitrogen and oxygen atoms in total. The van der Waals surface area contributed by atoms with Gasteiger partial charge in [0.25, 0.3) is 0 Å². The Morgan fingerprint density at radius 3 is 2.44 bits per heavy atom. The first-order chi connectivity index (χ1) is 12.0. The first kappa shape index (κ1) is 18.3. The van der Waals surface area contributed by atoms with Gasteiger partial charge in [0.1, 0.15) is 17.1 Å². The molecule has 2 rings (SSSR count). The summed E-state index contributed by atoms with van der Waals surface area (Å²) in [7, 11) is 1.39. The number of carbonyl (C=O) groups is 2. The van der Waals surface area contributed by atoms with Gasteiger partial charge in [-0.25, -0.2) is 4.79 Å². The van der Waals surface area contributed by atoms with Crippen molar-refractivity contribution < 1.29 is 24.2 Å². The Morgan fingerprint density at radius 1 is 1.12 bits per heavy atom. The molecule has 0 saturated carbocycles. The number of hydrogen-bond acceptors (Lipinski definition) is 4. The number of nitrogens with one attached hydrogen (secondary N) is 1. The maximum absolute atomic E-state index is 12.1. The van der Waals surface area contributed by atoms with E-state index in [1.54, 1.807) is 6.07 Å². The van der Waals surface area contributed by atoms with Gasteiger partial charge < -0.3 is 19.9 Å². The molecule has 0 aliphatic rings. The van der Waals surface area contributed by atoms with Gasteiger partial charge in [0.15, 0.2) is 0 Å². The second-order valence-electron chi connectivity index (χ2n) is 5.35. The number of ether oxygens (including phenoxy) is 2. The highest BCUT2D eigenvalue weighted by molar-refractivity contribution is 5.94. The van der Waals surface area contributed by atoms with E-state index in [0.717, 1.165) is 11.3 Å². The van der Waals surface area contributed by atoms with Gasteiger partial charge in [-0.15, -0.1) is 0 Å². The van der Waals surface area contributed by atoms with E-state index >= 15 is 0 Å². The van der Waals surface area contributed by atoms with Crippen molar-refractivity contribution in [2.24, 2.45) is 0 Å². The Morgan fingerprint density at radius 2 is 1.84 bits per heavy atom. The zero-order chi connectivity index (χ0) is 18.2. The summed E-state index contributed by atoms with van der Waals surface area (Å²) >= 11 is 0. The molecule has 6 heteroatoms. The fourth-order valence-corrected chi connectivity index (χ4v) is 2.35. The van der Waals surface area contributed by atoms with Crippen LogP contribution in [0.5, 0.6) is 11.5 Å². The van der Waals surface area contributed by atoms with Crippen LogP contribution in [-0.2, 0) is 11.2 Å². The number of aromatic carboxylic acids is 1. The monoisotopic (exact) mass is 343 g/mol. The van der Waals surface area contributed by atoms with Crippen molar-refractivity contribution in [1.82, 2.24) is 0 Å². The average Bonchev–Trinajstić information content (AvgIpc) is 2.61. The van der Waals surface area contributed by atoms with Crippen LogP contribution >= 0.6 is 0 Å².